The zero-order valence-corrected chi connectivity index (χ0v) is 15.1. The van der Waals surface area contributed by atoms with E-state index < -0.39 is 0 Å². The van der Waals surface area contributed by atoms with Gasteiger partial charge >= 0.3 is 0 Å². The molecule has 2 rings (SSSR count). The Morgan fingerprint density at radius 3 is 2.62 bits per heavy atom. The van der Waals surface area contributed by atoms with Gasteiger partial charge in [-0.1, -0.05) is 44.2 Å². The largest absolute Gasteiger partial charge is 0.491 e. The number of hydrogen-bond donors (Lipinski definition) is 0. The Balaban J connectivity index is 1.77. The number of nitrogens with zero attached hydrogens (tertiary/aromatic N) is 2. The number of ether oxygens (including phenoxy) is 2. The van der Waals surface area contributed by atoms with Crippen molar-refractivity contribution in [3.05, 3.63) is 48.0 Å². The summed E-state index contributed by atoms with van der Waals surface area (Å²) < 4.78 is 13.9. The lowest BCUT2D eigenvalue weighted by Gasteiger charge is -2.19. The van der Waals surface area contributed by atoms with Gasteiger partial charge in [0, 0.05) is 24.0 Å². The average molecular weight is 351 g/mol. The number of halogens is 1. The van der Waals surface area contributed by atoms with Crippen LogP contribution in [-0.2, 0) is 11.3 Å². The van der Waals surface area contributed by atoms with Crippen LogP contribution in [0.3, 0.4) is 0 Å². The SMILES string of the molecule is CCCCCCCOC(COc1ccc(Cl)cc1)Cn1ccnc1. The van der Waals surface area contributed by atoms with E-state index in [0.717, 1.165) is 25.3 Å². The van der Waals surface area contributed by atoms with Crippen LogP contribution in [0.1, 0.15) is 39.0 Å². The van der Waals surface area contributed by atoms with Crippen LogP contribution < -0.4 is 4.74 Å². The molecule has 132 valence electrons. The summed E-state index contributed by atoms with van der Waals surface area (Å²) in [6.45, 7) is 4.25. The van der Waals surface area contributed by atoms with Gasteiger partial charge in [0.2, 0.25) is 0 Å². The number of rotatable bonds is 12. The summed E-state index contributed by atoms with van der Waals surface area (Å²) in [5, 5.41) is 0.709. The van der Waals surface area contributed by atoms with Crippen molar-refractivity contribution in [1.29, 1.82) is 0 Å². The van der Waals surface area contributed by atoms with Crippen LogP contribution in [0.25, 0.3) is 0 Å². The van der Waals surface area contributed by atoms with Gasteiger partial charge in [0.25, 0.3) is 0 Å². The Kier molecular flexibility index (Phi) is 8.71. The second-order valence-electron chi connectivity index (χ2n) is 5.93. The normalized spacial score (nSPS) is 12.2. The minimum Gasteiger partial charge on any atom is -0.491 e. The Morgan fingerprint density at radius 1 is 1.12 bits per heavy atom. The molecule has 0 spiro atoms. The molecule has 0 aliphatic carbocycles. The summed E-state index contributed by atoms with van der Waals surface area (Å²) in [5.41, 5.74) is 0. The van der Waals surface area contributed by atoms with Gasteiger partial charge in [-0.25, -0.2) is 4.98 Å². The molecular formula is C19H27ClN2O2. The maximum absolute atomic E-state index is 6.04. The Labute approximate surface area is 149 Å². The second-order valence-corrected chi connectivity index (χ2v) is 6.37. The average Bonchev–Trinajstić information content (AvgIpc) is 3.10. The van der Waals surface area contributed by atoms with E-state index in [2.05, 4.69) is 11.9 Å². The molecule has 1 aromatic carbocycles. The summed E-state index contributed by atoms with van der Waals surface area (Å²) in [6, 6.07) is 7.41. The molecule has 24 heavy (non-hydrogen) atoms. The first-order valence-electron chi connectivity index (χ1n) is 8.73. The van der Waals surface area contributed by atoms with Crippen molar-refractivity contribution in [1.82, 2.24) is 9.55 Å². The van der Waals surface area contributed by atoms with Crippen molar-refractivity contribution in [2.24, 2.45) is 0 Å². The highest BCUT2D eigenvalue weighted by Gasteiger charge is 2.11. The Bertz CT molecular complexity index is 543. The van der Waals surface area contributed by atoms with Crippen LogP contribution in [0.5, 0.6) is 5.75 Å². The minimum atomic E-state index is 0.000975. The molecule has 2 aromatic rings. The van der Waals surface area contributed by atoms with Crippen molar-refractivity contribution in [2.45, 2.75) is 51.7 Å². The molecule has 0 aliphatic rings. The summed E-state index contributed by atoms with van der Waals surface area (Å²) in [5.74, 6) is 0.807. The molecule has 0 amide bonds. The summed E-state index contributed by atoms with van der Waals surface area (Å²) in [4.78, 5) is 4.09. The number of aromatic nitrogens is 2. The van der Waals surface area contributed by atoms with E-state index in [1.807, 2.05) is 35.0 Å². The molecule has 0 aliphatic heterocycles. The molecule has 1 atom stereocenters. The van der Waals surface area contributed by atoms with Crippen molar-refractivity contribution < 1.29 is 9.47 Å². The van der Waals surface area contributed by atoms with Gasteiger partial charge in [0.1, 0.15) is 18.5 Å². The fraction of sp³-hybridized carbons (Fsp3) is 0.526. The molecule has 0 fully saturated rings. The second kappa shape index (κ2) is 11.1. The van der Waals surface area contributed by atoms with Gasteiger partial charge in [-0.2, -0.15) is 0 Å². The number of unbranched alkanes of at least 4 members (excludes halogenated alkanes) is 4. The highest BCUT2D eigenvalue weighted by Crippen LogP contribution is 2.16. The molecule has 1 heterocycles. The van der Waals surface area contributed by atoms with Gasteiger partial charge in [-0.3, -0.25) is 0 Å². The summed E-state index contributed by atoms with van der Waals surface area (Å²) in [7, 11) is 0. The van der Waals surface area contributed by atoms with Crippen LogP contribution in [0.2, 0.25) is 5.02 Å². The molecule has 0 radical (unpaired) electrons. The maximum Gasteiger partial charge on any atom is 0.119 e. The standard InChI is InChI=1S/C19H27ClN2O2/c1-2-3-4-5-6-13-23-19(14-22-12-11-21-16-22)15-24-18-9-7-17(20)8-10-18/h7-12,16,19H,2-6,13-15H2,1H3. The van der Waals surface area contributed by atoms with Crippen molar-refractivity contribution >= 4 is 11.6 Å². The van der Waals surface area contributed by atoms with Gasteiger partial charge in [-0.05, 0) is 30.7 Å². The molecule has 1 unspecified atom stereocenters. The molecule has 0 N–H and O–H groups in total. The Morgan fingerprint density at radius 2 is 1.92 bits per heavy atom. The Hall–Kier alpha value is -1.52. The van der Waals surface area contributed by atoms with E-state index in [-0.39, 0.29) is 6.10 Å². The maximum atomic E-state index is 6.04. The third-order valence-electron chi connectivity index (χ3n) is 3.82. The molecule has 0 saturated heterocycles. The third-order valence-corrected chi connectivity index (χ3v) is 4.08. The zero-order valence-electron chi connectivity index (χ0n) is 14.4. The van der Waals surface area contributed by atoms with E-state index in [9.17, 15) is 0 Å². The van der Waals surface area contributed by atoms with Crippen molar-refractivity contribution in [3.63, 3.8) is 0 Å². The summed E-state index contributed by atoms with van der Waals surface area (Å²) >= 11 is 5.90. The van der Waals surface area contributed by atoms with Gasteiger partial charge in [-0.15, -0.1) is 0 Å². The predicted octanol–water partition coefficient (Wildman–Crippen LogP) is 4.97. The molecule has 1 aromatic heterocycles. The third kappa shape index (κ3) is 7.37. The van der Waals surface area contributed by atoms with Gasteiger partial charge in [0.15, 0.2) is 0 Å². The fourth-order valence-electron chi connectivity index (χ4n) is 2.46. The lowest BCUT2D eigenvalue weighted by molar-refractivity contribution is 0.00808. The van der Waals surface area contributed by atoms with Crippen molar-refractivity contribution in [2.75, 3.05) is 13.2 Å². The summed E-state index contributed by atoms with van der Waals surface area (Å²) in [6.07, 6.45) is 11.7. The van der Waals surface area contributed by atoms with Crippen LogP contribution in [0.15, 0.2) is 43.0 Å². The highest BCUT2D eigenvalue weighted by molar-refractivity contribution is 6.30. The molecule has 0 bridgehead atoms. The lowest BCUT2D eigenvalue weighted by Crippen LogP contribution is -2.27. The van der Waals surface area contributed by atoms with E-state index in [1.54, 1.807) is 12.5 Å². The van der Waals surface area contributed by atoms with Crippen LogP contribution >= 0.6 is 11.6 Å². The smallest absolute Gasteiger partial charge is 0.119 e. The first-order valence-corrected chi connectivity index (χ1v) is 9.11. The van der Waals surface area contributed by atoms with Crippen LogP contribution in [0.4, 0.5) is 0 Å². The topological polar surface area (TPSA) is 36.3 Å². The molecule has 0 saturated carbocycles. The molecular weight excluding hydrogens is 324 g/mol. The monoisotopic (exact) mass is 350 g/mol. The van der Waals surface area contributed by atoms with Crippen molar-refractivity contribution in [3.8, 4) is 5.75 Å². The van der Waals surface area contributed by atoms with Gasteiger partial charge < -0.3 is 14.0 Å². The molecule has 5 heteroatoms. The fourth-order valence-corrected chi connectivity index (χ4v) is 2.58. The lowest BCUT2D eigenvalue weighted by atomic mass is 10.2. The van der Waals surface area contributed by atoms with E-state index in [0.29, 0.717) is 11.6 Å². The van der Waals surface area contributed by atoms with E-state index >= 15 is 0 Å². The number of hydrogen-bond acceptors (Lipinski definition) is 3. The molecule has 4 nitrogen and oxygen atoms in total. The predicted molar refractivity (Wildman–Crippen MR) is 97.7 cm³/mol. The van der Waals surface area contributed by atoms with Crippen LogP contribution in [-0.4, -0.2) is 28.9 Å². The quantitative estimate of drug-likeness (QED) is 0.507. The van der Waals surface area contributed by atoms with E-state index in [1.165, 1.54) is 25.7 Å². The van der Waals surface area contributed by atoms with E-state index in [4.69, 9.17) is 21.1 Å². The first kappa shape index (κ1) is 18.8. The minimum absolute atomic E-state index is 0.000975. The number of benzene rings is 1. The number of imidazole rings is 1. The first-order chi connectivity index (χ1) is 11.8. The zero-order chi connectivity index (χ0) is 17.0. The van der Waals surface area contributed by atoms with Gasteiger partial charge in [0.05, 0.1) is 12.9 Å². The highest BCUT2D eigenvalue weighted by atomic mass is 35.5. The van der Waals surface area contributed by atoms with Crippen LogP contribution in [0, 0.1) is 0 Å².